The second kappa shape index (κ2) is 11.5. The molecule has 2 unspecified atom stereocenters. The molecule has 1 saturated heterocycles. The monoisotopic (exact) mass is 583 g/mol. The van der Waals surface area contributed by atoms with Crippen LogP contribution in [0.1, 0.15) is 12.0 Å². The number of aromatic amines is 1. The van der Waals surface area contributed by atoms with Crippen molar-refractivity contribution in [2.75, 3.05) is 12.4 Å². The number of rotatable bonds is 9. The number of carboxylic acids is 1. The first-order valence-electron chi connectivity index (χ1n) is 13.2. The average Bonchev–Trinajstić information content (AvgIpc) is 3.01. The van der Waals surface area contributed by atoms with E-state index in [1.807, 2.05) is 30.3 Å². The number of hydrogen-bond acceptors (Lipinski definition) is 8. The van der Waals surface area contributed by atoms with E-state index in [1.165, 1.54) is 16.7 Å². The third kappa shape index (κ3) is 5.26. The van der Waals surface area contributed by atoms with Crippen molar-refractivity contribution >= 4 is 40.5 Å². The van der Waals surface area contributed by atoms with Crippen molar-refractivity contribution in [3.63, 3.8) is 0 Å². The summed E-state index contributed by atoms with van der Waals surface area (Å²) in [5.41, 5.74) is 1.92. The lowest BCUT2D eigenvalue weighted by Crippen LogP contribution is -2.62. The number of hydrogen-bond donors (Lipinski definition) is 2. The quantitative estimate of drug-likeness (QED) is 0.221. The summed E-state index contributed by atoms with van der Waals surface area (Å²) >= 11 is 1.39. The van der Waals surface area contributed by atoms with E-state index in [1.54, 1.807) is 48.5 Å². The molecule has 0 radical (unpaired) electrons. The van der Waals surface area contributed by atoms with Gasteiger partial charge in [-0.15, -0.1) is 11.8 Å². The predicted molar refractivity (Wildman–Crippen MR) is 155 cm³/mol. The van der Waals surface area contributed by atoms with Crippen LogP contribution in [0.4, 0.5) is 0 Å². The van der Waals surface area contributed by atoms with Gasteiger partial charge in [-0.2, -0.15) is 0 Å². The van der Waals surface area contributed by atoms with Crippen molar-refractivity contribution in [1.82, 2.24) is 14.9 Å². The van der Waals surface area contributed by atoms with Gasteiger partial charge in [-0.05, 0) is 29.8 Å². The minimum atomic E-state index is -1.24. The van der Waals surface area contributed by atoms with Gasteiger partial charge in [-0.1, -0.05) is 54.6 Å². The highest BCUT2D eigenvalue weighted by Gasteiger charge is 2.54. The minimum absolute atomic E-state index is 0.0935. The molecule has 10 nitrogen and oxygen atoms in total. The van der Waals surface area contributed by atoms with Gasteiger partial charge in [0.1, 0.15) is 30.5 Å². The number of fused-ring (bicyclic) bond motifs is 2. The van der Waals surface area contributed by atoms with Gasteiger partial charge in [0.25, 0.3) is 5.56 Å². The number of thioether (sulfide) groups is 1. The Hall–Kier alpha value is -4.90. The Kier molecular flexibility index (Phi) is 7.49. The number of β-lactam (4-membered cyclic amide) rings is 1. The highest BCUT2D eigenvalue weighted by molar-refractivity contribution is 8.00. The van der Waals surface area contributed by atoms with Crippen LogP contribution < -0.4 is 10.3 Å². The molecule has 2 aliphatic rings. The maximum atomic E-state index is 13.0. The Morgan fingerprint density at radius 2 is 1.71 bits per heavy atom. The van der Waals surface area contributed by atoms with E-state index in [-0.39, 0.29) is 30.9 Å². The van der Waals surface area contributed by atoms with Crippen molar-refractivity contribution < 1.29 is 29.0 Å². The Bertz CT molecular complexity index is 1790. The van der Waals surface area contributed by atoms with Crippen molar-refractivity contribution in [3.05, 3.63) is 106 Å². The van der Waals surface area contributed by atoms with E-state index in [9.17, 15) is 24.3 Å². The number of nitrogens with one attached hydrogen (secondary N) is 1. The summed E-state index contributed by atoms with van der Waals surface area (Å²) in [4.78, 5) is 59.0. The molecular weight excluding hydrogens is 558 g/mol. The number of aromatic nitrogens is 2. The SMILES string of the molecule is O=C(CC1C(=O)N2C(C(=O)O)=C(COc3ccccc3-c3nc4ccccc4c(=O)[nH]3)CSC12)OCc1ccccc1. The summed E-state index contributed by atoms with van der Waals surface area (Å²) in [6.07, 6.45) is -0.122. The molecule has 2 N–H and O–H groups in total. The van der Waals surface area contributed by atoms with Crippen LogP contribution in [0.2, 0.25) is 0 Å². The summed E-state index contributed by atoms with van der Waals surface area (Å²) in [5.74, 6) is -1.83. The smallest absolute Gasteiger partial charge is 0.352 e. The third-order valence-corrected chi connectivity index (χ3v) is 8.54. The van der Waals surface area contributed by atoms with E-state index in [0.717, 1.165) is 5.56 Å². The van der Waals surface area contributed by atoms with Crippen LogP contribution >= 0.6 is 11.8 Å². The summed E-state index contributed by atoms with van der Waals surface area (Å²) in [5, 5.41) is 10.0. The fourth-order valence-electron chi connectivity index (χ4n) is 5.07. The Balaban J connectivity index is 1.17. The molecule has 2 aliphatic heterocycles. The number of aliphatic carboxylic acids is 1. The van der Waals surface area contributed by atoms with Crippen LogP contribution in [0.15, 0.2) is 94.9 Å². The van der Waals surface area contributed by atoms with Gasteiger partial charge in [-0.25, -0.2) is 9.78 Å². The summed E-state index contributed by atoms with van der Waals surface area (Å²) in [6, 6.07) is 23.2. The summed E-state index contributed by atoms with van der Waals surface area (Å²) in [6.45, 7) is 0.0116. The molecule has 1 amide bonds. The summed E-state index contributed by atoms with van der Waals surface area (Å²) in [7, 11) is 0. The Morgan fingerprint density at radius 1 is 0.976 bits per heavy atom. The zero-order valence-electron chi connectivity index (χ0n) is 22.2. The molecule has 1 aromatic heterocycles. The minimum Gasteiger partial charge on any atom is -0.488 e. The number of esters is 1. The van der Waals surface area contributed by atoms with Crippen molar-refractivity contribution in [2.45, 2.75) is 18.4 Å². The van der Waals surface area contributed by atoms with E-state index in [4.69, 9.17) is 9.47 Å². The second-order valence-electron chi connectivity index (χ2n) is 9.84. The molecule has 0 saturated carbocycles. The van der Waals surface area contributed by atoms with Gasteiger partial charge in [0.2, 0.25) is 5.91 Å². The van der Waals surface area contributed by atoms with E-state index < -0.39 is 29.1 Å². The predicted octanol–water partition coefficient (Wildman–Crippen LogP) is 3.97. The first-order valence-corrected chi connectivity index (χ1v) is 14.3. The highest BCUT2D eigenvalue weighted by atomic mass is 32.2. The fraction of sp³-hybridized carbons (Fsp3) is 0.194. The van der Waals surface area contributed by atoms with Gasteiger partial charge in [0.15, 0.2) is 0 Å². The molecule has 11 heteroatoms. The molecule has 4 aromatic rings. The number of ether oxygens (including phenoxy) is 2. The fourth-order valence-corrected chi connectivity index (χ4v) is 6.47. The van der Waals surface area contributed by atoms with Gasteiger partial charge in [0.05, 0.1) is 34.2 Å². The van der Waals surface area contributed by atoms with Crippen molar-refractivity contribution in [2.24, 2.45) is 5.92 Å². The van der Waals surface area contributed by atoms with Gasteiger partial charge in [-0.3, -0.25) is 19.3 Å². The molecular formula is C31H25N3O7S. The van der Waals surface area contributed by atoms with E-state index >= 15 is 0 Å². The molecule has 0 spiro atoms. The number of nitrogens with zero attached hydrogens (tertiary/aromatic N) is 2. The number of carbonyl (C=O) groups is 3. The molecule has 212 valence electrons. The number of carbonyl (C=O) groups excluding carboxylic acids is 2. The van der Waals surface area contributed by atoms with E-state index in [0.29, 0.717) is 39.4 Å². The number of carboxylic acid groups (broad SMARTS) is 1. The molecule has 3 heterocycles. The van der Waals surface area contributed by atoms with Crippen molar-refractivity contribution in [1.29, 1.82) is 0 Å². The third-order valence-electron chi connectivity index (χ3n) is 7.15. The maximum Gasteiger partial charge on any atom is 0.352 e. The molecule has 6 rings (SSSR count). The molecule has 0 aliphatic carbocycles. The van der Waals surface area contributed by atoms with Gasteiger partial charge in [0, 0.05) is 11.3 Å². The molecule has 3 aromatic carbocycles. The summed E-state index contributed by atoms with van der Waals surface area (Å²) < 4.78 is 11.4. The normalized spacial score (nSPS) is 17.9. The molecule has 0 bridgehead atoms. The zero-order valence-corrected chi connectivity index (χ0v) is 23.0. The first kappa shape index (κ1) is 27.3. The van der Waals surface area contributed by atoms with Crippen LogP contribution in [-0.4, -0.2) is 55.6 Å². The van der Waals surface area contributed by atoms with Crippen LogP contribution in [0.3, 0.4) is 0 Å². The topological polar surface area (TPSA) is 139 Å². The maximum absolute atomic E-state index is 13.0. The zero-order chi connectivity index (χ0) is 29.2. The average molecular weight is 584 g/mol. The Labute approximate surface area is 244 Å². The molecule has 42 heavy (non-hydrogen) atoms. The van der Waals surface area contributed by atoms with Crippen LogP contribution in [-0.2, 0) is 25.7 Å². The standard InChI is InChI=1S/C31H25N3O7S/c35-25(41-15-18-8-2-1-3-9-18)14-22-29(37)34-26(31(38)39)19(17-42-30(22)34)16-40-24-13-7-5-11-21(24)27-32-23-12-6-4-10-20(23)28(36)33-27/h1-13,22,30H,14-17H2,(H,38,39)(H,32,33,36). The van der Waals surface area contributed by atoms with Gasteiger partial charge < -0.3 is 19.6 Å². The van der Waals surface area contributed by atoms with Crippen LogP contribution in [0.5, 0.6) is 5.75 Å². The van der Waals surface area contributed by atoms with Gasteiger partial charge >= 0.3 is 11.9 Å². The number of amides is 1. The lowest BCUT2D eigenvalue weighted by atomic mass is 9.92. The number of benzene rings is 3. The lowest BCUT2D eigenvalue weighted by Gasteiger charge is -2.49. The largest absolute Gasteiger partial charge is 0.488 e. The molecule has 1 fully saturated rings. The first-order chi connectivity index (χ1) is 20.4. The Morgan fingerprint density at radius 3 is 2.52 bits per heavy atom. The van der Waals surface area contributed by atoms with Crippen LogP contribution in [0, 0.1) is 5.92 Å². The van der Waals surface area contributed by atoms with Crippen molar-refractivity contribution in [3.8, 4) is 17.1 Å². The lowest BCUT2D eigenvalue weighted by molar-refractivity contribution is -0.159. The second-order valence-corrected chi connectivity index (χ2v) is 10.9. The molecule has 2 atom stereocenters. The number of para-hydroxylation sites is 2. The number of H-pyrrole nitrogens is 1. The highest BCUT2D eigenvalue weighted by Crippen LogP contribution is 2.45. The van der Waals surface area contributed by atoms with E-state index in [2.05, 4.69) is 9.97 Å². The van der Waals surface area contributed by atoms with Crippen LogP contribution in [0.25, 0.3) is 22.3 Å².